The minimum atomic E-state index is -0.237. The maximum Gasteiger partial charge on any atom is 0.338 e. The molecule has 2 aliphatic heterocycles. The summed E-state index contributed by atoms with van der Waals surface area (Å²) in [6, 6.07) is 13.3. The van der Waals surface area contributed by atoms with Gasteiger partial charge >= 0.3 is 5.97 Å². The van der Waals surface area contributed by atoms with Gasteiger partial charge in [0, 0.05) is 31.6 Å². The highest BCUT2D eigenvalue weighted by atomic mass is 16.5. The van der Waals surface area contributed by atoms with Gasteiger partial charge in [-0.25, -0.2) is 4.79 Å². The van der Waals surface area contributed by atoms with E-state index in [1.165, 1.54) is 0 Å². The van der Waals surface area contributed by atoms with Gasteiger partial charge in [-0.15, -0.1) is 0 Å². The van der Waals surface area contributed by atoms with Crippen LogP contribution < -0.4 is 4.74 Å². The number of ketones is 1. The zero-order valence-corrected chi connectivity index (χ0v) is 23.3. The average molecular weight is 521 g/mol. The van der Waals surface area contributed by atoms with Gasteiger partial charge in [0.25, 0.3) is 0 Å². The van der Waals surface area contributed by atoms with Crippen molar-refractivity contribution < 1.29 is 19.1 Å². The quantitative estimate of drug-likeness (QED) is 0.484. The molecule has 2 heterocycles. The van der Waals surface area contributed by atoms with Gasteiger partial charge in [0.1, 0.15) is 11.9 Å². The molecule has 4 bridgehead atoms. The minimum Gasteiger partial charge on any atom is -0.496 e. The van der Waals surface area contributed by atoms with Gasteiger partial charge in [-0.05, 0) is 113 Å². The number of fused-ring (bicyclic) bond motifs is 5. The number of hydrogen-bond donors (Lipinski definition) is 0. The van der Waals surface area contributed by atoms with Crippen LogP contribution in [-0.4, -0.2) is 74.0 Å². The third kappa shape index (κ3) is 8.15. The fraction of sp³-hybridized carbons (Fsp3) is 0.562. The van der Waals surface area contributed by atoms with Crippen molar-refractivity contribution in [2.75, 3.05) is 46.4 Å². The van der Waals surface area contributed by atoms with E-state index in [2.05, 4.69) is 9.80 Å². The fourth-order valence-corrected chi connectivity index (χ4v) is 5.79. The van der Waals surface area contributed by atoms with E-state index in [1.807, 2.05) is 49.4 Å². The summed E-state index contributed by atoms with van der Waals surface area (Å²) in [5.41, 5.74) is 3.52. The molecule has 2 aromatic carbocycles. The molecule has 6 heteroatoms. The molecule has 0 N–H and O–H groups in total. The lowest BCUT2D eigenvalue weighted by Gasteiger charge is -2.24. The Hall–Kier alpha value is -2.70. The van der Waals surface area contributed by atoms with Crippen molar-refractivity contribution in [3.63, 3.8) is 0 Å². The van der Waals surface area contributed by atoms with E-state index in [-0.39, 0.29) is 17.9 Å². The van der Waals surface area contributed by atoms with Crippen molar-refractivity contribution in [2.24, 2.45) is 0 Å². The number of benzene rings is 2. The third-order valence-electron chi connectivity index (χ3n) is 7.96. The molecule has 1 fully saturated rings. The van der Waals surface area contributed by atoms with E-state index in [0.29, 0.717) is 12.0 Å². The topological polar surface area (TPSA) is 59.1 Å². The molecule has 2 unspecified atom stereocenters. The number of hydrogen-bond acceptors (Lipinski definition) is 6. The van der Waals surface area contributed by atoms with Crippen molar-refractivity contribution in [3.05, 3.63) is 64.7 Å². The Balaban J connectivity index is 1.49. The number of carbonyl (C=O) groups excluding carboxylic acids is 2. The summed E-state index contributed by atoms with van der Waals surface area (Å²) in [4.78, 5) is 31.0. The van der Waals surface area contributed by atoms with E-state index in [1.54, 1.807) is 7.11 Å². The van der Waals surface area contributed by atoms with Gasteiger partial charge in [0.15, 0.2) is 5.78 Å². The summed E-state index contributed by atoms with van der Waals surface area (Å²) in [5, 5.41) is 0. The monoisotopic (exact) mass is 520 g/mol. The second-order valence-electron chi connectivity index (χ2n) is 10.8. The van der Waals surface area contributed by atoms with E-state index in [0.717, 1.165) is 113 Å². The van der Waals surface area contributed by atoms with Crippen molar-refractivity contribution in [1.82, 2.24) is 9.80 Å². The molecule has 1 saturated heterocycles. The second-order valence-corrected chi connectivity index (χ2v) is 10.8. The van der Waals surface area contributed by atoms with Crippen LogP contribution in [-0.2, 0) is 11.2 Å². The first-order chi connectivity index (χ1) is 18.5. The Morgan fingerprint density at radius 2 is 1.53 bits per heavy atom. The van der Waals surface area contributed by atoms with Gasteiger partial charge in [0.05, 0.1) is 12.7 Å². The summed E-state index contributed by atoms with van der Waals surface area (Å²) in [6.07, 6.45) is 8.03. The molecule has 206 valence electrons. The van der Waals surface area contributed by atoms with Gasteiger partial charge in [0.2, 0.25) is 0 Å². The number of methoxy groups -OCH3 is 1. The molecule has 0 aromatic heterocycles. The van der Waals surface area contributed by atoms with E-state index in [4.69, 9.17) is 9.47 Å². The average Bonchev–Trinajstić information content (AvgIpc) is 3.16. The molecular formula is C32H44N2O4. The Labute approximate surface area is 228 Å². The van der Waals surface area contributed by atoms with Crippen LogP contribution in [0.5, 0.6) is 5.75 Å². The Morgan fingerprint density at radius 1 is 0.816 bits per heavy atom. The van der Waals surface area contributed by atoms with Crippen LogP contribution in [0.4, 0.5) is 0 Å². The van der Waals surface area contributed by atoms with Crippen molar-refractivity contribution in [2.45, 2.75) is 70.8 Å². The lowest BCUT2D eigenvalue weighted by molar-refractivity contribution is 0.0230. The Bertz CT molecular complexity index is 1050. The number of Topliss-reactive ketones (excluding diaryl/α,β-unsaturated/α-hetero) is 1. The number of rotatable bonds is 3. The highest BCUT2D eigenvalue weighted by Gasteiger charge is 2.21. The van der Waals surface area contributed by atoms with Crippen LogP contribution in [0, 0.1) is 6.92 Å². The molecule has 2 aromatic rings. The molecule has 6 nitrogen and oxygen atoms in total. The highest BCUT2D eigenvalue weighted by Crippen LogP contribution is 2.28. The van der Waals surface area contributed by atoms with Crippen LogP contribution in [0.3, 0.4) is 0 Å². The molecule has 0 spiro atoms. The standard InChI is InChI=1S/C32H44N2O4/c1-25-23-28-24-27(31(25)37-2)13-6-7-14-29(38-32(36)26-11-4-3-5-12-26)16-20-34-19-10-18-33(21-22-34)17-9-8-15-30(28)35/h3-5,11-12,23-24,29H,6-10,13-22H2,1-2H3/t29-/m0/s1. The second kappa shape index (κ2) is 14.5. The maximum absolute atomic E-state index is 13.0. The third-order valence-corrected chi connectivity index (χ3v) is 7.96. The molecule has 38 heavy (non-hydrogen) atoms. The van der Waals surface area contributed by atoms with Gasteiger partial charge in [-0.3, -0.25) is 4.79 Å². The first-order valence-electron chi connectivity index (χ1n) is 14.4. The number of carbonyl (C=O) groups is 2. The van der Waals surface area contributed by atoms with Gasteiger partial charge in [-0.1, -0.05) is 18.2 Å². The highest BCUT2D eigenvalue weighted by molar-refractivity contribution is 5.96. The van der Waals surface area contributed by atoms with Crippen molar-refractivity contribution in [3.8, 4) is 5.75 Å². The molecule has 0 amide bonds. The van der Waals surface area contributed by atoms with Crippen LogP contribution in [0.15, 0.2) is 42.5 Å². The lowest BCUT2D eigenvalue weighted by atomic mass is 9.96. The largest absolute Gasteiger partial charge is 0.496 e. The number of aryl methyl sites for hydroxylation is 2. The first kappa shape index (κ1) is 28.3. The number of esters is 1. The number of ether oxygens (including phenoxy) is 2. The lowest BCUT2D eigenvalue weighted by Crippen LogP contribution is -2.33. The van der Waals surface area contributed by atoms with Crippen molar-refractivity contribution in [1.29, 1.82) is 0 Å². The van der Waals surface area contributed by atoms with Crippen LogP contribution >= 0.6 is 0 Å². The SMILES string of the molecule is COc1c(C)cc2cc1CCCC[C@H](OC(=O)c1ccccc1)CCN1CCCN(CCCCC2=O)CC1. The van der Waals surface area contributed by atoms with Crippen LogP contribution in [0.2, 0.25) is 0 Å². The number of nitrogens with zero attached hydrogens (tertiary/aromatic N) is 2. The predicted molar refractivity (Wildman–Crippen MR) is 151 cm³/mol. The molecule has 0 aliphatic carbocycles. The van der Waals surface area contributed by atoms with Crippen LogP contribution in [0.1, 0.15) is 83.2 Å². The van der Waals surface area contributed by atoms with E-state index < -0.39 is 0 Å². The zero-order chi connectivity index (χ0) is 26.7. The Kier molecular flexibility index (Phi) is 10.8. The first-order valence-corrected chi connectivity index (χ1v) is 14.4. The van der Waals surface area contributed by atoms with Gasteiger partial charge in [-0.2, -0.15) is 0 Å². The molecule has 4 rings (SSSR count). The molecule has 0 saturated carbocycles. The molecule has 2 aliphatic rings. The zero-order valence-electron chi connectivity index (χ0n) is 23.3. The summed E-state index contributed by atoms with van der Waals surface area (Å²) < 4.78 is 11.8. The molecule has 3 atom stereocenters. The fourth-order valence-electron chi connectivity index (χ4n) is 5.79. The van der Waals surface area contributed by atoms with Crippen molar-refractivity contribution >= 4 is 11.8 Å². The molecular weight excluding hydrogens is 476 g/mol. The summed E-state index contributed by atoms with van der Waals surface area (Å²) >= 11 is 0. The summed E-state index contributed by atoms with van der Waals surface area (Å²) in [6.45, 7) is 8.32. The predicted octanol–water partition coefficient (Wildman–Crippen LogP) is 5.71. The smallest absolute Gasteiger partial charge is 0.338 e. The summed E-state index contributed by atoms with van der Waals surface area (Å²) in [5.74, 6) is 0.873. The van der Waals surface area contributed by atoms with E-state index in [9.17, 15) is 9.59 Å². The van der Waals surface area contributed by atoms with Crippen LogP contribution in [0.25, 0.3) is 0 Å². The van der Waals surface area contributed by atoms with Gasteiger partial charge < -0.3 is 19.3 Å². The van der Waals surface area contributed by atoms with E-state index >= 15 is 0 Å². The molecule has 0 radical (unpaired) electrons. The normalized spacial score (nSPS) is 23.9. The summed E-state index contributed by atoms with van der Waals surface area (Å²) in [7, 11) is 1.70. The Morgan fingerprint density at radius 3 is 2.29 bits per heavy atom. The maximum atomic E-state index is 13.0. The minimum absolute atomic E-state index is 0.110.